The van der Waals surface area contributed by atoms with E-state index in [9.17, 15) is 9.59 Å². The largest absolute Gasteiger partial charge is 0.492 e. The fraction of sp³-hybridized carbons (Fsp3) is 0.500. The Kier molecular flexibility index (Phi) is 7.29. The van der Waals surface area contributed by atoms with E-state index in [4.69, 9.17) is 9.84 Å². The molecule has 5 nitrogen and oxygen atoms in total. The van der Waals surface area contributed by atoms with E-state index in [1.165, 1.54) is 0 Å². The summed E-state index contributed by atoms with van der Waals surface area (Å²) in [6, 6.07) is 5.69. The summed E-state index contributed by atoms with van der Waals surface area (Å²) in [5.74, 6) is -0.150. The van der Waals surface area contributed by atoms with E-state index >= 15 is 0 Å². The lowest BCUT2D eigenvalue weighted by Crippen LogP contribution is -2.11. The normalized spacial score (nSPS) is 10.2. The quantitative estimate of drug-likeness (QED) is 0.685. The van der Waals surface area contributed by atoms with E-state index < -0.39 is 5.97 Å². The summed E-state index contributed by atoms with van der Waals surface area (Å²) < 4.78 is 5.56. The maximum atomic E-state index is 11.5. The lowest BCUT2D eigenvalue weighted by Gasteiger charge is -2.13. The molecule has 0 saturated heterocycles. The monoisotopic (exact) mass is 293 g/mol. The van der Waals surface area contributed by atoms with E-state index in [0.29, 0.717) is 30.9 Å². The second-order valence-electron chi connectivity index (χ2n) is 4.77. The maximum absolute atomic E-state index is 11.5. The van der Waals surface area contributed by atoms with Crippen LogP contribution in [0.25, 0.3) is 0 Å². The van der Waals surface area contributed by atoms with E-state index in [2.05, 4.69) is 5.32 Å². The zero-order valence-corrected chi connectivity index (χ0v) is 12.6. The Morgan fingerprint density at radius 3 is 2.62 bits per heavy atom. The zero-order chi connectivity index (χ0) is 15.7. The van der Waals surface area contributed by atoms with E-state index in [1.807, 2.05) is 25.1 Å². The van der Waals surface area contributed by atoms with E-state index in [1.54, 1.807) is 6.92 Å². The molecule has 0 spiro atoms. The number of anilines is 1. The molecule has 5 heteroatoms. The van der Waals surface area contributed by atoms with Crippen molar-refractivity contribution in [2.24, 2.45) is 0 Å². The van der Waals surface area contributed by atoms with Crippen LogP contribution in [0.15, 0.2) is 18.2 Å². The standard InChI is InChI=1S/C16H23NO4/c1-3-15(18)17-13-10-9-12(11-14(13)21-4-2)7-5-6-8-16(19)20/h9-11H,3-8H2,1-2H3,(H,17,18)(H,19,20). The van der Waals surface area contributed by atoms with Crippen molar-refractivity contribution < 1.29 is 19.4 Å². The molecule has 116 valence electrons. The third kappa shape index (κ3) is 6.29. The molecule has 0 aliphatic carbocycles. The third-order valence-corrected chi connectivity index (χ3v) is 3.05. The molecular formula is C16H23NO4. The second kappa shape index (κ2) is 9.00. The molecule has 0 aliphatic rings. The van der Waals surface area contributed by atoms with Crippen LogP contribution in [0.4, 0.5) is 5.69 Å². The molecule has 2 N–H and O–H groups in total. The average molecular weight is 293 g/mol. The number of hydrogen-bond donors (Lipinski definition) is 2. The van der Waals surface area contributed by atoms with Crippen LogP contribution in [0.2, 0.25) is 0 Å². The summed E-state index contributed by atoms with van der Waals surface area (Å²) in [6.45, 7) is 4.22. The topological polar surface area (TPSA) is 75.6 Å². The van der Waals surface area contributed by atoms with Crippen LogP contribution in [0, 0.1) is 0 Å². The second-order valence-corrected chi connectivity index (χ2v) is 4.77. The molecule has 0 unspecified atom stereocenters. The van der Waals surface area contributed by atoms with E-state index in [-0.39, 0.29) is 12.3 Å². The van der Waals surface area contributed by atoms with Crippen LogP contribution < -0.4 is 10.1 Å². The number of amides is 1. The minimum Gasteiger partial charge on any atom is -0.492 e. The first kappa shape index (κ1) is 17.0. The van der Waals surface area contributed by atoms with Crippen LogP contribution >= 0.6 is 0 Å². The Morgan fingerprint density at radius 2 is 2.00 bits per heavy atom. The van der Waals surface area contributed by atoms with Gasteiger partial charge in [-0.15, -0.1) is 0 Å². The average Bonchev–Trinajstić information content (AvgIpc) is 2.46. The Hall–Kier alpha value is -2.04. The van der Waals surface area contributed by atoms with Crippen molar-refractivity contribution in [1.29, 1.82) is 0 Å². The molecule has 0 aliphatic heterocycles. The third-order valence-electron chi connectivity index (χ3n) is 3.05. The molecule has 0 saturated carbocycles. The molecule has 0 heterocycles. The van der Waals surface area contributed by atoms with Gasteiger partial charge in [0.15, 0.2) is 0 Å². The highest BCUT2D eigenvalue weighted by molar-refractivity contribution is 5.92. The van der Waals surface area contributed by atoms with Crippen LogP contribution in [0.3, 0.4) is 0 Å². The zero-order valence-electron chi connectivity index (χ0n) is 12.6. The van der Waals surface area contributed by atoms with Gasteiger partial charge in [-0.2, -0.15) is 0 Å². The van der Waals surface area contributed by atoms with Gasteiger partial charge in [0.1, 0.15) is 5.75 Å². The Bertz CT molecular complexity index is 485. The smallest absolute Gasteiger partial charge is 0.303 e. The molecule has 0 bridgehead atoms. The van der Waals surface area contributed by atoms with Crippen LogP contribution in [0.1, 0.15) is 45.1 Å². The minimum atomic E-state index is -0.761. The SMILES string of the molecule is CCOc1cc(CCCCC(=O)O)ccc1NC(=O)CC. The lowest BCUT2D eigenvalue weighted by molar-refractivity contribution is -0.137. The predicted octanol–water partition coefficient (Wildman–Crippen LogP) is 3.23. The van der Waals surface area contributed by atoms with Crippen molar-refractivity contribution in [1.82, 2.24) is 0 Å². The number of carboxylic acids is 1. The van der Waals surface area contributed by atoms with Gasteiger partial charge in [-0.25, -0.2) is 0 Å². The number of aryl methyl sites for hydroxylation is 1. The molecule has 1 aromatic carbocycles. The highest BCUT2D eigenvalue weighted by Gasteiger charge is 2.08. The molecule has 0 fully saturated rings. The number of nitrogens with one attached hydrogen (secondary N) is 1. The molecule has 0 radical (unpaired) electrons. The number of benzene rings is 1. The summed E-state index contributed by atoms with van der Waals surface area (Å²) in [5.41, 5.74) is 1.76. The number of ether oxygens (including phenoxy) is 1. The van der Waals surface area contributed by atoms with Gasteiger partial charge in [0.2, 0.25) is 5.91 Å². The Morgan fingerprint density at radius 1 is 1.24 bits per heavy atom. The van der Waals surface area contributed by atoms with Gasteiger partial charge in [-0.3, -0.25) is 9.59 Å². The van der Waals surface area contributed by atoms with Gasteiger partial charge in [-0.05, 0) is 43.9 Å². The Balaban J connectivity index is 2.68. The molecule has 1 amide bonds. The molecule has 21 heavy (non-hydrogen) atoms. The molecule has 0 atom stereocenters. The number of hydrogen-bond acceptors (Lipinski definition) is 3. The summed E-state index contributed by atoms with van der Waals surface area (Å²) in [5, 5.41) is 11.4. The van der Waals surface area contributed by atoms with Crippen molar-refractivity contribution in [3.63, 3.8) is 0 Å². The number of carbonyl (C=O) groups is 2. The Labute approximate surface area is 125 Å². The number of rotatable bonds is 9. The summed E-state index contributed by atoms with van der Waals surface area (Å²) in [6.07, 6.45) is 2.90. The van der Waals surface area contributed by atoms with Crippen molar-refractivity contribution in [3.05, 3.63) is 23.8 Å². The fourth-order valence-corrected chi connectivity index (χ4v) is 1.94. The van der Waals surface area contributed by atoms with Crippen LogP contribution in [0.5, 0.6) is 5.75 Å². The first-order valence-corrected chi connectivity index (χ1v) is 7.34. The summed E-state index contributed by atoms with van der Waals surface area (Å²) in [4.78, 5) is 21.9. The van der Waals surface area contributed by atoms with Gasteiger partial charge >= 0.3 is 5.97 Å². The van der Waals surface area contributed by atoms with Crippen molar-refractivity contribution in [2.75, 3.05) is 11.9 Å². The predicted molar refractivity (Wildman–Crippen MR) is 81.7 cm³/mol. The number of carbonyl (C=O) groups excluding carboxylic acids is 1. The first-order valence-electron chi connectivity index (χ1n) is 7.34. The maximum Gasteiger partial charge on any atom is 0.303 e. The van der Waals surface area contributed by atoms with Crippen molar-refractivity contribution in [2.45, 2.75) is 46.0 Å². The molecular weight excluding hydrogens is 270 g/mol. The van der Waals surface area contributed by atoms with Gasteiger partial charge in [0, 0.05) is 12.8 Å². The molecule has 0 aromatic heterocycles. The molecule has 1 aromatic rings. The van der Waals surface area contributed by atoms with Crippen molar-refractivity contribution >= 4 is 17.6 Å². The van der Waals surface area contributed by atoms with Gasteiger partial charge in [-0.1, -0.05) is 13.0 Å². The first-order chi connectivity index (χ1) is 10.1. The van der Waals surface area contributed by atoms with Gasteiger partial charge in [0.25, 0.3) is 0 Å². The number of unbranched alkanes of at least 4 members (excludes halogenated alkanes) is 1. The van der Waals surface area contributed by atoms with Crippen LogP contribution in [-0.2, 0) is 16.0 Å². The highest BCUT2D eigenvalue weighted by atomic mass is 16.5. The molecule has 1 rings (SSSR count). The van der Waals surface area contributed by atoms with Crippen LogP contribution in [-0.4, -0.2) is 23.6 Å². The van der Waals surface area contributed by atoms with E-state index in [0.717, 1.165) is 18.4 Å². The highest BCUT2D eigenvalue weighted by Crippen LogP contribution is 2.27. The lowest BCUT2D eigenvalue weighted by atomic mass is 10.1. The summed E-state index contributed by atoms with van der Waals surface area (Å²) >= 11 is 0. The van der Waals surface area contributed by atoms with Gasteiger partial charge < -0.3 is 15.2 Å². The fourth-order valence-electron chi connectivity index (χ4n) is 1.94. The number of carboxylic acid groups (broad SMARTS) is 1. The number of aliphatic carboxylic acids is 1. The summed E-state index contributed by atoms with van der Waals surface area (Å²) in [7, 11) is 0. The minimum absolute atomic E-state index is 0.0508. The van der Waals surface area contributed by atoms with Crippen molar-refractivity contribution in [3.8, 4) is 5.75 Å². The van der Waals surface area contributed by atoms with Gasteiger partial charge in [0.05, 0.1) is 12.3 Å².